The molecule has 7 heteroatoms. The van der Waals surface area contributed by atoms with E-state index in [2.05, 4.69) is 20.9 Å². The normalized spacial score (nSPS) is 13.9. The van der Waals surface area contributed by atoms with E-state index in [4.69, 9.17) is 0 Å². The van der Waals surface area contributed by atoms with Crippen molar-refractivity contribution in [3.05, 3.63) is 30.1 Å². The average molecular weight is 285 g/mol. The van der Waals surface area contributed by atoms with Crippen LogP contribution in [-0.2, 0) is 4.79 Å². The zero-order valence-electron chi connectivity index (χ0n) is 10.4. The second-order valence-corrected chi connectivity index (χ2v) is 4.14. The van der Waals surface area contributed by atoms with Gasteiger partial charge in [0.05, 0.1) is 11.5 Å². The van der Waals surface area contributed by atoms with Crippen LogP contribution in [0.5, 0.6) is 0 Å². The Kier molecular flexibility index (Phi) is 6.24. The molecule has 6 nitrogen and oxygen atoms in total. The number of halogens is 1. The number of amides is 2. The number of rotatable bonds is 5. The molecular formula is C12H17ClN4O2. The predicted molar refractivity (Wildman–Crippen MR) is 73.2 cm³/mol. The van der Waals surface area contributed by atoms with E-state index in [0.29, 0.717) is 18.7 Å². The average Bonchev–Trinajstić information content (AvgIpc) is 2.33. The van der Waals surface area contributed by atoms with Crippen LogP contribution in [0.3, 0.4) is 0 Å². The molecule has 1 aromatic heterocycles. The summed E-state index contributed by atoms with van der Waals surface area (Å²) < 4.78 is 0. The van der Waals surface area contributed by atoms with Crippen LogP contribution in [0.2, 0.25) is 0 Å². The highest BCUT2D eigenvalue weighted by Crippen LogP contribution is 2.01. The van der Waals surface area contributed by atoms with Crippen LogP contribution in [0, 0.1) is 5.92 Å². The van der Waals surface area contributed by atoms with Crippen molar-refractivity contribution in [2.45, 2.75) is 0 Å². The van der Waals surface area contributed by atoms with E-state index in [1.807, 2.05) is 0 Å². The van der Waals surface area contributed by atoms with Crippen molar-refractivity contribution in [2.24, 2.45) is 5.92 Å². The van der Waals surface area contributed by atoms with Crippen molar-refractivity contribution in [1.29, 1.82) is 0 Å². The molecule has 0 radical (unpaired) electrons. The summed E-state index contributed by atoms with van der Waals surface area (Å²) in [5.41, 5.74) is 0.520. The summed E-state index contributed by atoms with van der Waals surface area (Å²) in [7, 11) is 0. The van der Waals surface area contributed by atoms with E-state index < -0.39 is 0 Å². The van der Waals surface area contributed by atoms with Gasteiger partial charge in [-0.3, -0.25) is 14.6 Å². The lowest BCUT2D eigenvalue weighted by atomic mass is 10.0. The molecule has 1 aliphatic heterocycles. The summed E-state index contributed by atoms with van der Waals surface area (Å²) in [5.74, 6) is -0.0499. The SMILES string of the molecule is Cl.O=C(NCCNC(=O)C1CNC1)c1cccnc1. The van der Waals surface area contributed by atoms with Crippen molar-refractivity contribution in [2.75, 3.05) is 26.2 Å². The van der Waals surface area contributed by atoms with Gasteiger partial charge in [0.2, 0.25) is 5.91 Å². The second kappa shape index (κ2) is 7.70. The van der Waals surface area contributed by atoms with Gasteiger partial charge in [0.15, 0.2) is 0 Å². The lowest BCUT2D eigenvalue weighted by molar-refractivity contribution is -0.126. The zero-order chi connectivity index (χ0) is 12.8. The van der Waals surface area contributed by atoms with Crippen molar-refractivity contribution in [1.82, 2.24) is 20.9 Å². The molecule has 0 unspecified atom stereocenters. The van der Waals surface area contributed by atoms with Crippen molar-refractivity contribution in [3.63, 3.8) is 0 Å². The predicted octanol–water partition coefficient (Wildman–Crippen LogP) is -0.431. The van der Waals surface area contributed by atoms with Crippen LogP contribution >= 0.6 is 12.4 Å². The Morgan fingerprint density at radius 2 is 2.05 bits per heavy atom. The van der Waals surface area contributed by atoms with Gasteiger partial charge in [-0.25, -0.2) is 0 Å². The minimum Gasteiger partial charge on any atom is -0.354 e. The molecule has 0 aromatic carbocycles. The number of carbonyl (C=O) groups is 2. The molecule has 19 heavy (non-hydrogen) atoms. The van der Waals surface area contributed by atoms with Gasteiger partial charge in [-0.15, -0.1) is 12.4 Å². The third kappa shape index (κ3) is 4.50. The van der Waals surface area contributed by atoms with Crippen molar-refractivity contribution in [3.8, 4) is 0 Å². The topological polar surface area (TPSA) is 83.1 Å². The van der Waals surface area contributed by atoms with Gasteiger partial charge in [0.1, 0.15) is 0 Å². The molecule has 0 spiro atoms. The second-order valence-electron chi connectivity index (χ2n) is 4.14. The number of carbonyl (C=O) groups excluding carboxylic acids is 2. The molecule has 1 aromatic rings. The zero-order valence-corrected chi connectivity index (χ0v) is 11.2. The highest BCUT2D eigenvalue weighted by molar-refractivity contribution is 5.93. The van der Waals surface area contributed by atoms with Gasteiger partial charge in [-0.1, -0.05) is 0 Å². The number of hydrogen-bond acceptors (Lipinski definition) is 4. The third-order valence-electron chi connectivity index (χ3n) is 2.79. The van der Waals surface area contributed by atoms with Crippen LogP contribution < -0.4 is 16.0 Å². The van der Waals surface area contributed by atoms with Crippen molar-refractivity contribution >= 4 is 24.2 Å². The molecule has 2 heterocycles. The molecule has 0 atom stereocenters. The number of pyridine rings is 1. The third-order valence-corrected chi connectivity index (χ3v) is 2.79. The smallest absolute Gasteiger partial charge is 0.252 e. The highest BCUT2D eigenvalue weighted by Gasteiger charge is 2.24. The van der Waals surface area contributed by atoms with E-state index in [1.54, 1.807) is 18.3 Å². The maximum atomic E-state index is 11.6. The first-order valence-electron chi connectivity index (χ1n) is 5.94. The fourth-order valence-electron chi connectivity index (χ4n) is 1.58. The fourth-order valence-corrected chi connectivity index (χ4v) is 1.58. The molecule has 2 rings (SSSR count). The lowest BCUT2D eigenvalue weighted by Gasteiger charge is -2.25. The van der Waals surface area contributed by atoms with E-state index in [-0.39, 0.29) is 30.1 Å². The first-order chi connectivity index (χ1) is 8.77. The molecule has 104 valence electrons. The summed E-state index contributed by atoms with van der Waals surface area (Å²) in [5, 5.41) is 8.54. The Morgan fingerprint density at radius 1 is 1.32 bits per heavy atom. The first kappa shape index (κ1) is 15.4. The molecule has 3 N–H and O–H groups in total. The molecule has 1 aliphatic rings. The minimum absolute atomic E-state index is 0. The summed E-state index contributed by atoms with van der Waals surface area (Å²) in [6.07, 6.45) is 3.12. The standard InChI is InChI=1S/C12H16N4O2.ClH/c17-11(9-2-1-3-13-6-9)15-4-5-16-12(18)10-7-14-8-10;/h1-3,6,10,14H,4-5,7-8H2,(H,15,17)(H,16,18);1H. The van der Waals surface area contributed by atoms with Crippen LogP contribution in [0.15, 0.2) is 24.5 Å². The molecule has 0 saturated carbocycles. The molecular weight excluding hydrogens is 268 g/mol. The minimum atomic E-state index is -0.178. The Morgan fingerprint density at radius 3 is 2.63 bits per heavy atom. The Labute approximate surface area is 117 Å². The van der Waals surface area contributed by atoms with E-state index in [0.717, 1.165) is 13.1 Å². The maximum Gasteiger partial charge on any atom is 0.252 e. The highest BCUT2D eigenvalue weighted by atomic mass is 35.5. The molecule has 0 aliphatic carbocycles. The summed E-state index contributed by atoms with van der Waals surface area (Å²) in [6, 6.07) is 3.40. The maximum absolute atomic E-state index is 11.6. The molecule has 0 bridgehead atoms. The van der Waals surface area contributed by atoms with Gasteiger partial charge in [0, 0.05) is 38.6 Å². The van der Waals surface area contributed by atoms with Crippen LogP contribution in [0.25, 0.3) is 0 Å². The van der Waals surface area contributed by atoms with E-state index in [1.165, 1.54) is 6.20 Å². The molecule has 2 amide bonds. The Bertz CT molecular complexity index is 423. The monoisotopic (exact) mass is 284 g/mol. The number of nitrogens with zero attached hydrogens (tertiary/aromatic N) is 1. The Balaban J connectivity index is 0.00000180. The van der Waals surface area contributed by atoms with Gasteiger partial charge in [-0.05, 0) is 12.1 Å². The summed E-state index contributed by atoms with van der Waals surface area (Å²) >= 11 is 0. The van der Waals surface area contributed by atoms with Gasteiger partial charge in [-0.2, -0.15) is 0 Å². The van der Waals surface area contributed by atoms with E-state index in [9.17, 15) is 9.59 Å². The van der Waals surface area contributed by atoms with Crippen LogP contribution in [0.1, 0.15) is 10.4 Å². The number of hydrogen-bond donors (Lipinski definition) is 3. The van der Waals surface area contributed by atoms with Crippen LogP contribution in [-0.4, -0.2) is 43.0 Å². The first-order valence-corrected chi connectivity index (χ1v) is 5.94. The van der Waals surface area contributed by atoms with Crippen molar-refractivity contribution < 1.29 is 9.59 Å². The summed E-state index contributed by atoms with van der Waals surface area (Å²) in [6.45, 7) is 2.35. The summed E-state index contributed by atoms with van der Waals surface area (Å²) in [4.78, 5) is 26.9. The lowest BCUT2D eigenvalue weighted by Crippen LogP contribution is -2.51. The Hall–Kier alpha value is -1.66. The quantitative estimate of drug-likeness (QED) is 0.641. The number of aromatic nitrogens is 1. The van der Waals surface area contributed by atoms with Gasteiger partial charge < -0.3 is 16.0 Å². The molecule has 1 fully saturated rings. The number of nitrogens with one attached hydrogen (secondary N) is 3. The van der Waals surface area contributed by atoms with Crippen LogP contribution in [0.4, 0.5) is 0 Å². The van der Waals surface area contributed by atoms with Gasteiger partial charge >= 0.3 is 0 Å². The van der Waals surface area contributed by atoms with Gasteiger partial charge in [0.25, 0.3) is 5.91 Å². The van der Waals surface area contributed by atoms with E-state index >= 15 is 0 Å². The largest absolute Gasteiger partial charge is 0.354 e. The molecule has 1 saturated heterocycles. The fraction of sp³-hybridized carbons (Fsp3) is 0.417.